The van der Waals surface area contributed by atoms with Crippen molar-refractivity contribution in [2.45, 2.75) is 19.3 Å². The third-order valence-electron chi connectivity index (χ3n) is 2.47. The normalized spacial score (nSPS) is 14.8. The number of benzene rings is 1. The molecule has 1 amide bonds. The van der Waals surface area contributed by atoms with E-state index in [2.05, 4.69) is 5.32 Å². The molecule has 2 N–H and O–H groups in total. The second kappa shape index (κ2) is 3.80. The van der Waals surface area contributed by atoms with Crippen molar-refractivity contribution < 1.29 is 9.90 Å². The van der Waals surface area contributed by atoms with Crippen LogP contribution in [0.5, 0.6) is 0 Å². The lowest BCUT2D eigenvalue weighted by Crippen LogP contribution is -2.19. The average Bonchev–Trinajstić information content (AvgIpc) is 2.17. The van der Waals surface area contributed by atoms with Crippen LogP contribution in [-0.4, -0.2) is 17.6 Å². The first kappa shape index (κ1) is 9.21. The first-order valence-corrected chi connectivity index (χ1v) is 4.82. The van der Waals surface area contributed by atoms with E-state index in [-0.39, 0.29) is 12.5 Å². The number of amides is 1. The van der Waals surface area contributed by atoms with Crippen molar-refractivity contribution in [1.82, 2.24) is 0 Å². The van der Waals surface area contributed by atoms with E-state index in [0.29, 0.717) is 12.8 Å². The van der Waals surface area contributed by atoms with Crippen LogP contribution in [0.15, 0.2) is 18.2 Å². The Hall–Kier alpha value is -1.35. The van der Waals surface area contributed by atoms with Crippen molar-refractivity contribution in [3.05, 3.63) is 29.3 Å². The summed E-state index contributed by atoms with van der Waals surface area (Å²) in [5, 5.41) is 11.6. The number of aliphatic hydroxyl groups excluding tert-OH is 1. The van der Waals surface area contributed by atoms with Crippen LogP contribution in [0.1, 0.15) is 17.5 Å². The quantitative estimate of drug-likeness (QED) is 0.735. The lowest BCUT2D eigenvalue weighted by molar-refractivity contribution is -0.116. The molecule has 2 rings (SSSR count). The maximum Gasteiger partial charge on any atom is 0.224 e. The first-order chi connectivity index (χ1) is 6.79. The maximum atomic E-state index is 11.1. The van der Waals surface area contributed by atoms with Gasteiger partial charge in [-0.25, -0.2) is 0 Å². The molecule has 3 nitrogen and oxygen atoms in total. The molecule has 1 aromatic rings. The average molecular weight is 191 g/mol. The molecule has 0 bridgehead atoms. The van der Waals surface area contributed by atoms with Gasteiger partial charge in [-0.15, -0.1) is 0 Å². The molecule has 1 heterocycles. The molecule has 0 aromatic heterocycles. The highest BCUT2D eigenvalue weighted by atomic mass is 16.2. The summed E-state index contributed by atoms with van der Waals surface area (Å²) in [6, 6.07) is 5.98. The summed E-state index contributed by atoms with van der Waals surface area (Å²) in [5.41, 5.74) is 3.16. The Balaban J connectivity index is 2.28. The zero-order chi connectivity index (χ0) is 9.97. The summed E-state index contributed by atoms with van der Waals surface area (Å²) in [5.74, 6) is 0.0821. The number of aliphatic hydroxyl groups is 1. The van der Waals surface area contributed by atoms with Crippen LogP contribution in [0.2, 0.25) is 0 Å². The van der Waals surface area contributed by atoms with Crippen molar-refractivity contribution in [3.8, 4) is 0 Å². The molecule has 0 saturated carbocycles. The van der Waals surface area contributed by atoms with Crippen molar-refractivity contribution in [2.24, 2.45) is 0 Å². The monoisotopic (exact) mass is 191 g/mol. The van der Waals surface area contributed by atoms with Crippen molar-refractivity contribution >= 4 is 11.6 Å². The number of anilines is 1. The Kier molecular flexibility index (Phi) is 2.50. The van der Waals surface area contributed by atoms with Crippen LogP contribution in [0, 0.1) is 0 Å². The van der Waals surface area contributed by atoms with E-state index < -0.39 is 0 Å². The zero-order valence-electron chi connectivity index (χ0n) is 7.92. The minimum atomic E-state index is 0.0821. The Morgan fingerprint density at radius 3 is 3.00 bits per heavy atom. The van der Waals surface area contributed by atoms with Gasteiger partial charge in [0.1, 0.15) is 0 Å². The number of hydrogen-bond acceptors (Lipinski definition) is 2. The van der Waals surface area contributed by atoms with Crippen LogP contribution in [0.25, 0.3) is 0 Å². The van der Waals surface area contributed by atoms with Gasteiger partial charge in [0.05, 0.1) is 0 Å². The Labute approximate surface area is 82.8 Å². The molecule has 14 heavy (non-hydrogen) atoms. The molecular formula is C11H13NO2. The molecule has 0 atom stereocenters. The lowest BCUT2D eigenvalue weighted by Gasteiger charge is -2.17. The Morgan fingerprint density at radius 1 is 1.36 bits per heavy atom. The van der Waals surface area contributed by atoms with E-state index >= 15 is 0 Å². The molecule has 3 heteroatoms. The highest BCUT2D eigenvalue weighted by molar-refractivity contribution is 5.93. The van der Waals surface area contributed by atoms with E-state index in [9.17, 15) is 4.79 Å². The molecule has 0 unspecified atom stereocenters. The standard InChI is InChI=1S/C11H13NO2/c13-6-5-8-1-2-9-3-4-11(14)12-10(9)7-8/h1-2,7,13H,3-6H2,(H,12,14). The van der Waals surface area contributed by atoms with Crippen molar-refractivity contribution in [2.75, 3.05) is 11.9 Å². The van der Waals surface area contributed by atoms with Gasteiger partial charge < -0.3 is 10.4 Å². The number of nitrogens with one attached hydrogen (secondary N) is 1. The van der Waals surface area contributed by atoms with Crippen LogP contribution < -0.4 is 5.32 Å². The maximum absolute atomic E-state index is 11.1. The molecule has 1 aliphatic rings. The number of carbonyl (C=O) groups is 1. The first-order valence-electron chi connectivity index (χ1n) is 4.82. The third kappa shape index (κ3) is 1.77. The van der Waals surface area contributed by atoms with E-state index in [1.54, 1.807) is 0 Å². The second-order valence-electron chi connectivity index (χ2n) is 3.51. The van der Waals surface area contributed by atoms with E-state index in [0.717, 1.165) is 17.7 Å². The smallest absolute Gasteiger partial charge is 0.224 e. The predicted molar refractivity (Wildman–Crippen MR) is 54.2 cm³/mol. The summed E-state index contributed by atoms with van der Waals surface area (Å²) in [6.45, 7) is 0.146. The molecule has 0 radical (unpaired) electrons. The lowest BCUT2D eigenvalue weighted by atomic mass is 10.00. The van der Waals surface area contributed by atoms with Crippen molar-refractivity contribution in [1.29, 1.82) is 0 Å². The highest BCUT2D eigenvalue weighted by Crippen LogP contribution is 2.23. The van der Waals surface area contributed by atoms with Gasteiger partial charge >= 0.3 is 0 Å². The van der Waals surface area contributed by atoms with Gasteiger partial charge in [0, 0.05) is 18.7 Å². The summed E-state index contributed by atoms with van der Waals surface area (Å²) < 4.78 is 0. The van der Waals surface area contributed by atoms with Crippen LogP contribution in [0.3, 0.4) is 0 Å². The number of rotatable bonds is 2. The minimum absolute atomic E-state index is 0.0821. The van der Waals surface area contributed by atoms with Gasteiger partial charge in [0.15, 0.2) is 0 Å². The summed E-state index contributed by atoms with van der Waals surface area (Å²) in [6.07, 6.45) is 2.04. The molecule has 0 fully saturated rings. The highest BCUT2D eigenvalue weighted by Gasteiger charge is 2.14. The van der Waals surface area contributed by atoms with E-state index in [1.807, 2.05) is 18.2 Å². The molecule has 0 aliphatic carbocycles. The Bertz CT molecular complexity index is 360. The van der Waals surface area contributed by atoms with Crippen LogP contribution >= 0.6 is 0 Å². The summed E-state index contributed by atoms with van der Waals surface area (Å²) in [4.78, 5) is 11.1. The van der Waals surface area contributed by atoms with Gasteiger partial charge in [-0.3, -0.25) is 4.79 Å². The van der Waals surface area contributed by atoms with Gasteiger partial charge in [0.25, 0.3) is 0 Å². The molecular weight excluding hydrogens is 178 g/mol. The second-order valence-corrected chi connectivity index (χ2v) is 3.51. The summed E-state index contributed by atoms with van der Waals surface area (Å²) in [7, 11) is 0. The number of fused-ring (bicyclic) bond motifs is 1. The SMILES string of the molecule is O=C1CCc2ccc(CCO)cc2N1. The molecule has 74 valence electrons. The topological polar surface area (TPSA) is 49.3 Å². The van der Waals surface area contributed by atoms with Crippen LogP contribution in [-0.2, 0) is 17.6 Å². The molecule has 0 saturated heterocycles. The predicted octanol–water partition coefficient (Wildman–Crippen LogP) is 1.11. The molecule has 1 aromatic carbocycles. The summed E-state index contributed by atoms with van der Waals surface area (Å²) >= 11 is 0. The fourth-order valence-electron chi connectivity index (χ4n) is 1.70. The van der Waals surface area contributed by atoms with Crippen LogP contribution in [0.4, 0.5) is 5.69 Å². The minimum Gasteiger partial charge on any atom is -0.396 e. The zero-order valence-corrected chi connectivity index (χ0v) is 7.92. The van der Waals surface area contributed by atoms with E-state index in [4.69, 9.17) is 5.11 Å². The van der Waals surface area contributed by atoms with Crippen molar-refractivity contribution in [3.63, 3.8) is 0 Å². The largest absolute Gasteiger partial charge is 0.396 e. The van der Waals surface area contributed by atoms with Gasteiger partial charge in [-0.05, 0) is 30.0 Å². The van der Waals surface area contributed by atoms with Gasteiger partial charge in [-0.1, -0.05) is 12.1 Å². The Morgan fingerprint density at radius 2 is 2.21 bits per heavy atom. The van der Waals surface area contributed by atoms with Gasteiger partial charge in [0.2, 0.25) is 5.91 Å². The fraction of sp³-hybridized carbons (Fsp3) is 0.364. The molecule has 1 aliphatic heterocycles. The van der Waals surface area contributed by atoms with Gasteiger partial charge in [-0.2, -0.15) is 0 Å². The van der Waals surface area contributed by atoms with E-state index in [1.165, 1.54) is 5.56 Å². The number of hydrogen-bond donors (Lipinski definition) is 2. The fourth-order valence-corrected chi connectivity index (χ4v) is 1.70. The molecule has 0 spiro atoms. The number of aryl methyl sites for hydroxylation is 1. The third-order valence-corrected chi connectivity index (χ3v) is 2.47. The number of carbonyl (C=O) groups excluding carboxylic acids is 1.